The lowest BCUT2D eigenvalue weighted by Gasteiger charge is -2.21. The number of thiazole rings is 1. The van der Waals surface area contributed by atoms with Crippen molar-refractivity contribution >= 4 is 34.7 Å². The van der Waals surface area contributed by atoms with Gasteiger partial charge in [-0.3, -0.25) is 4.79 Å². The smallest absolute Gasteiger partial charge is 0.267 e. The van der Waals surface area contributed by atoms with Gasteiger partial charge in [-0.2, -0.15) is 0 Å². The van der Waals surface area contributed by atoms with Crippen molar-refractivity contribution in [2.24, 2.45) is 0 Å². The molecule has 2 aromatic heterocycles. The van der Waals surface area contributed by atoms with Gasteiger partial charge in [0.25, 0.3) is 5.91 Å². The first-order valence-corrected chi connectivity index (χ1v) is 11.6. The average Bonchev–Trinajstić information content (AvgIpc) is 3.13. The summed E-state index contributed by atoms with van der Waals surface area (Å²) in [6.07, 6.45) is 10.0. The van der Waals surface area contributed by atoms with Crippen LogP contribution in [-0.4, -0.2) is 26.1 Å². The van der Waals surface area contributed by atoms with E-state index in [1.54, 1.807) is 18.5 Å². The maximum Gasteiger partial charge on any atom is 0.267 e. The second kappa shape index (κ2) is 9.05. The first kappa shape index (κ1) is 20.0. The van der Waals surface area contributed by atoms with Gasteiger partial charge in [0.1, 0.15) is 4.88 Å². The molecule has 5 nitrogen and oxygen atoms in total. The lowest BCUT2D eigenvalue weighted by Crippen LogP contribution is -2.12. The first-order chi connectivity index (χ1) is 14.1. The molecule has 29 heavy (non-hydrogen) atoms. The number of aryl methyl sites for hydroxylation is 2. The van der Waals surface area contributed by atoms with Crippen LogP contribution in [-0.2, 0) is 0 Å². The summed E-state index contributed by atoms with van der Waals surface area (Å²) in [6.45, 7) is 3.89. The summed E-state index contributed by atoms with van der Waals surface area (Å²) in [6, 6.07) is 8.06. The standard InChI is InChI=1S/C22H24N4OS2/c1-14-13-17(28-16-7-4-3-5-8-16)9-10-18(14)26-21(27)19-15(2)25-22(29-19)20-23-11-6-12-24-20/h6,9-13,16H,3-5,7-8H2,1-2H3,(H,26,27). The number of benzene rings is 1. The van der Waals surface area contributed by atoms with Crippen molar-refractivity contribution in [3.05, 3.63) is 52.8 Å². The van der Waals surface area contributed by atoms with Crippen LogP contribution in [0.1, 0.15) is 53.0 Å². The summed E-state index contributed by atoms with van der Waals surface area (Å²) in [7, 11) is 0. The van der Waals surface area contributed by atoms with Gasteiger partial charge in [-0.1, -0.05) is 19.3 Å². The highest BCUT2D eigenvalue weighted by Gasteiger charge is 2.19. The van der Waals surface area contributed by atoms with Gasteiger partial charge in [0.15, 0.2) is 10.8 Å². The van der Waals surface area contributed by atoms with Crippen LogP contribution in [0.2, 0.25) is 0 Å². The monoisotopic (exact) mass is 424 g/mol. The van der Waals surface area contributed by atoms with E-state index in [1.807, 2.05) is 31.7 Å². The van der Waals surface area contributed by atoms with Crippen molar-refractivity contribution in [1.82, 2.24) is 15.0 Å². The van der Waals surface area contributed by atoms with Crippen LogP contribution in [0.15, 0.2) is 41.6 Å². The SMILES string of the molecule is Cc1cc(SC2CCCCC2)ccc1NC(=O)c1sc(-c2ncccn2)nc1C. The van der Waals surface area contributed by atoms with E-state index in [2.05, 4.69) is 32.4 Å². The highest BCUT2D eigenvalue weighted by Crippen LogP contribution is 2.35. The Labute approximate surface area is 179 Å². The van der Waals surface area contributed by atoms with E-state index >= 15 is 0 Å². The molecular formula is C22H24N4OS2. The summed E-state index contributed by atoms with van der Waals surface area (Å²) in [5.41, 5.74) is 2.61. The van der Waals surface area contributed by atoms with Gasteiger partial charge in [0.2, 0.25) is 0 Å². The van der Waals surface area contributed by atoms with Crippen LogP contribution in [0.5, 0.6) is 0 Å². The molecule has 1 saturated carbocycles. The first-order valence-electron chi connectivity index (χ1n) is 9.93. The van der Waals surface area contributed by atoms with Crippen molar-refractivity contribution in [1.29, 1.82) is 0 Å². The fraction of sp³-hybridized carbons (Fsp3) is 0.364. The molecule has 0 bridgehead atoms. The molecular weight excluding hydrogens is 400 g/mol. The number of carbonyl (C=O) groups excluding carboxylic acids is 1. The zero-order valence-corrected chi connectivity index (χ0v) is 18.3. The normalized spacial score (nSPS) is 14.7. The highest BCUT2D eigenvalue weighted by molar-refractivity contribution is 8.00. The molecule has 0 atom stereocenters. The zero-order chi connectivity index (χ0) is 20.2. The Hall–Kier alpha value is -2.25. The van der Waals surface area contributed by atoms with Crippen molar-refractivity contribution in [2.45, 2.75) is 56.1 Å². The van der Waals surface area contributed by atoms with Gasteiger partial charge >= 0.3 is 0 Å². The number of amides is 1. The molecule has 1 amide bonds. The Morgan fingerprint density at radius 2 is 1.90 bits per heavy atom. The Morgan fingerprint density at radius 3 is 2.62 bits per heavy atom. The molecule has 0 spiro atoms. The van der Waals surface area contributed by atoms with E-state index in [9.17, 15) is 4.79 Å². The Balaban J connectivity index is 1.46. The zero-order valence-electron chi connectivity index (χ0n) is 16.6. The predicted molar refractivity (Wildman–Crippen MR) is 120 cm³/mol. The molecule has 0 unspecified atom stereocenters. The largest absolute Gasteiger partial charge is 0.321 e. The molecule has 1 N–H and O–H groups in total. The molecule has 3 aromatic rings. The summed E-state index contributed by atoms with van der Waals surface area (Å²) >= 11 is 3.29. The lowest BCUT2D eigenvalue weighted by molar-refractivity contribution is 0.102. The van der Waals surface area contributed by atoms with Gasteiger partial charge in [0, 0.05) is 28.2 Å². The van der Waals surface area contributed by atoms with E-state index in [0.29, 0.717) is 21.4 Å². The summed E-state index contributed by atoms with van der Waals surface area (Å²) in [4.78, 5) is 27.6. The molecule has 1 aliphatic carbocycles. The number of thioether (sulfide) groups is 1. The molecule has 0 aliphatic heterocycles. The summed E-state index contributed by atoms with van der Waals surface area (Å²) in [5, 5.41) is 4.43. The van der Waals surface area contributed by atoms with E-state index < -0.39 is 0 Å². The van der Waals surface area contributed by atoms with Crippen molar-refractivity contribution < 1.29 is 4.79 Å². The number of rotatable bonds is 5. The second-order valence-electron chi connectivity index (χ2n) is 7.31. The van der Waals surface area contributed by atoms with Crippen LogP contribution in [0.25, 0.3) is 10.8 Å². The molecule has 7 heteroatoms. The minimum Gasteiger partial charge on any atom is -0.321 e. The number of carbonyl (C=O) groups is 1. The minimum atomic E-state index is -0.141. The van der Waals surface area contributed by atoms with Crippen LogP contribution >= 0.6 is 23.1 Å². The Kier molecular flexibility index (Phi) is 6.25. The number of nitrogens with zero attached hydrogens (tertiary/aromatic N) is 3. The molecule has 150 valence electrons. The van der Waals surface area contributed by atoms with Gasteiger partial charge in [-0.15, -0.1) is 23.1 Å². The van der Waals surface area contributed by atoms with Crippen LogP contribution in [0.4, 0.5) is 5.69 Å². The average molecular weight is 425 g/mol. The number of anilines is 1. The fourth-order valence-corrected chi connectivity index (χ4v) is 5.77. The second-order valence-corrected chi connectivity index (χ2v) is 9.69. The van der Waals surface area contributed by atoms with Crippen LogP contribution in [0.3, 0.4) is 0 Å². The molecule has 0 radical (unpaired) electrons. The molecule has 2 heterocycles. The third kappa shape index (κ3) is 4.85. The molecule has 1 aliphatic rings. The predicted octanol–water partition coefficient (Wildman–Crippen LogP) is 5.89. The third-order valence-electron chi connectivity index (χ3n) is 5.06. The number of hydrogen-bond acceptors (Lipinski definition) is 6. The van der Waals surface area contributed by atoms with Crippen molar-refractivity contribution in [3.63, 3.8) is 0 Å². The summed E-state index contributed by atoms with van der Waals surface area (Å²) < 4.78 is 0. The molecule has 1 fully saturated rings. The maximum atomic E-state index is 12.8. The van der Waals surface area contributed by atoms with E-state index in [1.165, 1.54) is 48.3 Å². The van der Waals surface area contributed by atoms with Gasteiger partial charge in [-0.05, 0) is 56.5 Å². The number of nitrogens with one attached hydrogen (secondary N) is 1. The van der Waals surface area contributed by atoms with Crippen molar-refractivity contribution in [3.8, 4) is 10.8 Å². The maximum absolute atomic E-state index is 12.8. The quantitative estimate of drug-likeness (QED) is 0.553. The number of hydrogen-bond donors (Lipinski definition) is 1. The molecule has 1 aromatic carbocycles. The topological polar surface area (TPSA) is 67.8 Å². The Morgan fingerprint density at radius 1 is 1.14 bits per heavy atom. The van der Waals surface area contributed by atoms with E-state index in [0.717, 1.165) is 16.5 Å². The van der Waals surface area contributed by atoms with Crippen LogP contribution in [0, 0.1) is 13.8 Å². The Bertz CT molecular complexity index is 997. The number of aromatic nitrogens is 3. The van der Waals surface area contributed by atoms with Gasteiger partial charge < -0.3 is 5.32 Å². The van der Waals surface area contributed by atoms with E-state index in [-0.39, 0.29) is 5.91 Å². The third-order valence-corrected chi connectivity index (χ3v) is 7.54. The van der Waals surface area contributed by atoms with Gasteiger partial charge in [0.05, 0.1) is 5.69 Å². The molecule has 0 saturated heterocycles. The van der Waals surface area contributed by atoms with Crippen molar-refractivity contribution in [2.75, 3.05) is 5.32 Å². The highest BCUT2D eigenvalue weighted by atomic mass is 32.2. The fourth-order valence-electron chi connectivity index (χ4n) is 3.52. The van der Waals surface area contributed by atoms with Gasteiger partial charge in [-0.25, -0.2) is 15.0 Å². The lowest BCUT2D eigenvalue weighted by atomic mass is 10.0. The molecule has 4 rings (SSSR count). The van der Waals surface area contributed by atoms with Crippen LogP contribution < -0.4 is 5.32 Å². The summed E-state index contributed by atoms with van der Waals surface area (Å²) in [5.74, 6) is 0.401. The van der Waals surface area contributed by atoms with E-state index in [4.69, 9.17) is 0 Å². The minimum absolute atomic E-state index is 0.141.